The summed E-state index contributed by atoms with van der Waals surface area (Å²) in [6, 6.07) is -0.844. The van der Waals surface area contributed by atoms with E-state index in [1.54, 1.807) is 4.57 Å². The average molecular weight is 717 g/mol. The van der Waals surface area contributed by atoms with Gasteiger partial charge in [-0.25, -0.2) is 24.3 Å². The molecule has 3 fully saturated rings. The van der Waals surface area contributed by atoms with Crippen LogP contribution in [-0.2, 0) is 51.2 Å². The first-order valence-corrected chi connectivity index (χ1v) is 18.4. The van der Waals surface area contributed by atoms with E-state index in [0.717, 1.165) is 6.33 Å². The number of nitrogens with two attached hydrogens (primary N) is 2. The molecule has 244 valence electrons. The first-order chi connectivity index (χ1) is 21.8. The van der Waals surface area contributed by atoms with E-state index in [0.29, 0.717) is 5.65 Å². The number of rotatable bonds is 2. The molecular weight excluding hydrogens is 693 g/mol. The van der Waals surface area contributed by atoms with Crippen molar-refractivity contribution in [2.45, 2.75) is 42.4 Å². The zero-order valence-electron chi connectivity index (χ0n) is 23.0. The molecule has 3 aliphatic rings. The predicted molar refractivity (Wildman–Crippen MR) is 162 cm³/mol. The SMILES string of the molecule is C#C[C@@]12COP(O)(=S)O[C@@H]3[C@@H](F)[C@@H](COP(O)(=S)O[C@H]1C(n1cnc4c(N)ncnc41)CO2)O[C@H]3n1cnc2c(=O)[nH]c(N)nc21. The normalized spacial score (nSPS) is 36.9. The third-order valence-corrected chi connectivity index (χ3v) is 10.7. The summed E-state index contributed by atoms with van der Waals surface area (Å²) in [4.78, 5) is 57.5. The number of nitrogens with one attached hydrogen (secondary N) is 1. The Hall–Kier alpha value is -3.03. The van der Waals surface area contributed by atoms with E-state index in [-0.39, 0.29) is 35.1 Å². The third kappa shape index (κ3) is 5.32. The Labute approximate surface area is 266 Å². The van der Waals surface area contributed by atoms with Crippen LogP contribution in [0.5, 0.6) is 0 Å². The molecular formula is C22H23FN10O9P2S2. The van der Waals surface area contributed by atoms with Crippen molar-refractivity contribution in [1.29, 1.82) is 0 Å². The number of ether oxygens (including phenoxy) is 2. The number of nitrogens with zero attached hydrogens (tertiary/aromatic N) is 7. The number of H-pyrrole nitrogens is 1. The number of nitrogen functional groups attached to an aromatic ring is 2. The van der Waals surface area contributed by atoms with Crippen LogP contribution in [0.1, 0.15) is 12.3 Å². The summed E-state index contributed by atoms with van der Waals surface area (Å²) in [7, 11) is 0. The van der Waals surface area contributed by atoms with Crippen molar-refractivity contribution in [2.75, 3.05) is 31.3 Å². The van der Waals surface area contributed by atoms with Crippen molar-refractivity contribution < 1.29 is 41.7 Å². The average Bonchev–Trinajstić information content (AvgIpc) is 3.76. The number of hydrogen-bond donors (Lipinski definition) is 5. The van der Waals surface area contributed by atoms with Crippen LogP contribution in [0.15, 0.2) is 23.8 Å². The largest absolute Gasteiger partial charge is 0.382 e. The highest BCUT2D eigenvalue weighted by atomic mass is 32.5. The molecule has 0 amide bonds. The number of alkyl halides is 1. The third-order valence-electron chi connectivity index (χ3n) is 7.64. The van der Waals surface area contributed by atoms with Crippen LogP contribution < -0.4 is 17.0 Å². The summed E-state index contributed by atoms with van der Waals surface area (Å²) in [6.07, 6.45) is 1.80. The number of hydrogen-bond acceptors (Lipinski definition) is 16. The van der Waals surface area contributed by atoms with Gasteiger partial charge in [-0.3, -0.25) is 23.4 Å². The Bertz CT molecular complexity index is 2060. The Balaban J connectivity index is 1.25. The number of terminal acetylenes is 1. The van der Waals surface area contributed by atoms with Gasteiger partial charge in [-0.05, 0) is 23.6 Å². The fourth-order valence-corrected chi connectivity index (χ4v) is 8.35. The fraction of sp³-hybridized carbons (Fsp3) is 0.455. The molecule has 4 aromatic heterocycles. The topological polar surface area (TPSA) is 255 Å². The number of halogens is 1. The monoisotopic (exact) mass is 716 g/mol. The van der Waals surface area contributed by atoms with Crippen LogP contribution in [0.3, 0.4) is 0 Å². The maximum atomic E-state index is 16.0. The minimum Gasteiger partial charge on any atom is -0.382 e. The van der Waals surface area contributed by atoms with Gasteiger partial charge in [0.05, 0.1) is 38.5 Å². The van der Waals surface area contributed by atoms with Crippen LogP contribution >= 0.6 is 13.4 Å². The minimum atomic E-state index is -4.36. The number of anilines is 2. The molecule has 7 N–H and O–H groups in total. The van der Waals surface area contributed by atoms with Gasteiger partial charge in [0.25, 0.3) is 5.56 Å². The van der Waals surface area contributed by atoms with Gasteiger partial charge >= 0.3 is 13.4 Å². The van der Waals surface area contributed by atoms with Crippen LogP contribution in [0.2, 0.25) is 0 Å². The van der Waals surface area contributed by atoms with Gasteiger partial charge in [0.15, 0.2) is 40.6 Å². The molecule has 0 saturated carbocycles. The Kier molecular flexibility index (Phi) is 7.75. The van der Waals surface area contributed by atoms with Crippen LogP contribution in [0, 0.1) is 12.3 Å². The summed E-state index contributed by atoms with van der Waals surface area (Å²) in [6.45, 7) is -10.1. The van der Waals surface area contributed by atoms with E-state index in [1.165, 1.54) is 17.2 Å². The molecule has 19 nitrogen and oxygen atoms in total. The van der Waals surface area contributed by atoms with E-state index < -0.39 is 74.6 Å². The first-order valence-electron chi connectivity index (χ1n) is 13.2. The zero-order valence-corrected chi connectivity index (χ0v) is 26.4. The second-order valence-corrected chi connectivity index (χ2v) is 16.0. The highest BCUT2D eigenvalue weighted by molar-refractivity contribution is 8.07. The van der Waals surface area contributed by atoms with Crippen molar-refractivity contribution in [3.63, 3.8) is 0 Å². The van der Waals surface area contributed by atoms with Gasteiger partial charge < -0.3 is 44.3 Å². The van der Waals surface area contributed by atoms with Crippen molar-refractivity contribution in [3.8, 4) is 12.3 Å². The summed E-state index contributed by atoms with van der Waals surface area (Å²) in [5.74, 6) is 2.33. The Morgan fingerprint density at radius 3 is 2.59 bits per heavy atom. The van der Waals surface area contributed by atoms with Gasteiger partial charge in [-0.1, -0.05) is 5.92 Å². The van der Waals surface area contributed by atoms with Crippen molar-refractivity contribution in [2.24, 2.45) is 0 Å². The lowest BCUT2D eigenvalue weighted by Crippen LogP contribution is -2.46. The number of aromatic amines is 1. The van der Waals surface area contributed by atoms with Crippen LogP contribution in [0.4, 0.5) is 16.2 Å². The van der Waals surface area contributed by atoms with Gasteiger partial charge in [0, 0.05) is 0 Å². The number of aromatic nitrogens is 8. The van der Waals surface area contributed by atoms with Gasteiger partial charge in [-0.2, -0.15) is 4.98 Å². The number of fused-ring (bicyclic) bond motifs is 5. The fourth-order valence-electron chi connectivity index (χ4n) is 5.50. The molecule has 2 bridgehead atoms. The molecule has 0 spiro atoms. The molecule has 46 heavy (non-hydrogen) atoms. The quantitative estimate of drug-likeness (QED) is 0.130. The second kappa shape index (κ2) is 11.3. The lowest BCUT2D eigenvalue weighted by molar-refractivity contribution is -0.0649. The van der Waals surface area contributed by atoms with E-state index in [1.807, 2.05) is 0 Å². The summed E-state index contributed by atoms with van der Waals surface area (Å²) >= 11 is 10.6. The zero-order chi connectivity index (χ0) is 32.6. The maximum absolute atomic E-state index is 16.0. The Morgan fingerprint density at radius 1 is 1.07 bits per heavy atom. The molecule has 3 unspecified atom stereocenters. The molecule has 7 rings (SSSR count). The van der Waals surface area contributed by atoms with Gasteiger partial charge in [0.1, 0.15) is 30.2 Å². The van der Waals surface area contributed by atoms with Gasteiger partial charge in [-0.15, -0.1) is 6.42 Å². The number of imidazole rings is 2. The van der Waals surface area contributed by atoms with E-state index in [2.05, 4.69) is 35.8 Å². The standard InChI is InChI=1S/C22H23FN10O9P2S2/c1-2-22-5-39-44(36,46)41-14-11(23)10(40-20(14)33-8-29-13-18(33)30-21(25)31-19(13)34)4-38-43(35,45)42-15(22)9(3-37-22)32-7-28-12-16(24)26-6-27-17(12)32/h1,6-11,14-15,20H,3-5H2,(H,35,45)(H,36,46)(H2,24,26,27)(H3,25,30,31,34)/t9?,10-,11+,14-,15+,20-,22-,43?,44?/m1/s1. The molecule has 7 heterocycles. The first kappa shape index (κ1) is 31.6. The Morgan fingerprint density at radius 2 is 1.80 bits per heavy atom. The molecule has 0 aromatic carbocycles. The second-order valence-electron chi connectivity index (χ2n) is 10.4. The van der Waals surface area contributed by atoms with Crippen molar-refractivity contribution >= 4 is 71.1 Å². The predicted octanol–water partition coefficient (Wildman–Crippen LogP) is -0.446. The summed E-state index contributed by atoms with van der Waals surface area (Å²) in [5, 5.41) is 0. The van der Waals surface area contributed by atoms with Crippen LogP contribution in [0.25, 0.3) is 22.3 Å². The highest BCUT2D eigenvalue weighted by Gasteiger charge is 2.56. The summed E-state index contributed by atoms with van der Waals surface area (Å²) < 4.78 is 53.5. The highest BCUT2D eigenvalue weighted by Crippen LogP contribution is 2.56. The van der Waals surface area contributed by atoms with Gasteiger partial charge in [0.2, 0.25) is 5.95 Å². The van der Waals surface area contributed by atoms with E-state index in [9.17, 15) is 14.6 Å². The smallest absolute Gasteiger partial charge is 0.325 e. The molecule has 4 aromatic rings. The molecule has 3 aliphatic heterocycles. The van der Waals surface area contributed by atoms with Crippen molar-refractivity contribution in [1.82, 2.24) is 39.0 Å². The van der Waals surface area contributed by atoms with Crippen LogP contribution in [-0.4, -0.2) is 98.7 Å². The van der Waals surface area contributed by atoms with E-state index >= 15 is 4.39 Å². The molecule has 9 atom stereocenters. The molecule has 24 heteroatoms. The summed E-state index contributed by atoms with van der Waals surface area (Å²) in [5.41, 5.74) is 9.52. The molecule has 0 aliphatic carbocycles. The lowest BCUT2D eigenvalue weighted by Gasteiger charge is -2.34. The maximum Gasteiger partial charge on any atom is 0.325 e. The molecule has 0 radical (unpaired) electrons. The van der Waals surface area contributed by atoms with Crippen molar-refractivity contribution in [3.05, 3.63) is 29.3 Å². The lowest BCUT2D eigenvalue weighted by atomic mass is 9.96. The van der Waals surface area contributed by atoms with E-state index in [4.69, 9.17) is 69.1 Å². The minimum absolute atomic E-state index is 0.0731. The molecule has 3 saturated heterocycles.